The molecule has 0 aliphatic carbocycles. The molecular weight excluding hydrogens is 258 g/mol. The van der Waals surface area contributed by atoms with Gasteiger partial charge in [-0.05, 0) is 37.6 Å². The molecule has 0 atom stereocenters. The zero-order chi connectivity index (χ0) is 13.6. The van der Waals surface area contributed by atoms with Gasteiger partial charge in [-0.15, -0.1) is 0 Å². The molecule has 19 heavy (non-hydrogen) atoms. The van der Waals surface area contributed by atoms with Crippen molar-refractivity contribution < 1.29 is 4.74 Å². The summed E-state index contributed by atoms with van der Waals surface area (Å²) in [5.74, 6) is 0.836. The van der Waals surface area contributed by atoms with Gasteiger partial charge in [-0.25, -0.2) is 4.98 Å². The Labute approximate surface area is 117 Å². The van der Waals surface area contributed by atoms with Gasteiger partial charge in [-0.2, -0.15) is 0 Å². The molecule has 0 aliphatic heterocycles. The molecule has 0 N–H and O–H groups in total. The minimum absolute atomic E-state index is 0.759. The third kappa shape index (κ3) is 1.92. The lowest BCUT2D eigenvalue weighted by Crippen LogP contribution is -1.91. The van der Waals surface area contributed by atoms with Gasteiger partial charge in [-0.3, -0.25) is 0 Å². The van der Waals surface area contributed by atoms with Crippen LogP contribution in [0.4, 0.5) is 0 Å². The highest BCUT2D eigenvalue weighted by Gasteiger charge is 2.10. The first-order valence-corrected chi connectivity index (χ1v) is 6.52. The lowest BCUT2D eigenvalue weighted by Gasteiger charge is -2.10. The van der Waals surface area contributed by atoms with Crippen LogP contribution >= 0.6 is 11.6 Å². The first kappa shape index (κ1) is 12.2. The summed E-state index contributed by atoms with van der Waals surface area (Å²) < 4.78 is 5.34. The number of aryl methyl sites for hydroxylation is 2. The molecule has 96 valence electrons. The van der Waals surface area contributed by atoms with Crippen molar-refractivity contribution in [2.75, 3.05) is 7.11 Å². The zero-order valence-corrected chi connectivity index (χ0v) is 11.9. The van der Waals surface area contributed by atoms with E-state index in [0.717, 1.165) is 38.1 Å². The molecule has 3 aromatic rings. The second kappa shape index (κ2) is 4.39. The number of pyridine rings is 1. The third-order valence-corrected chi connectivity index (χ3v) is 3.79. The fraction of sp³-hybridized carbons (Fsp3) is 0.188. The highest BCUT2D eigenvalue weighted by molar-refractivity contribution is 6.40. The van der Waals surface area contributed by atoms with Crippen LogP contribution in [0, 0.1) is 13.8 Å². The molecule has 0 saturated heterocycles. The number of benzene rings is 2. The van der Waals surface area contributed by atoms with Crippen LogP contribution in [0.25, 0.3) is 21.8 Å². The molecule has 0 spiro atoms. The highest BCUT2D eigenvalue weighted by Crippen LogP contribution is 2.34. The Balaban J connectivity index is 2.46. The topological polar surface area (TPSA) is 22.1 Å². The van der Waals surface area contributed by atoms with E-state index in [1.807, 2.05) is 31.2 Å². The van der Waals surface area contributed by atoms with Crippen LogP contribution in [0.2, 0.25) is 5.02 Å². The predicted octanol–water partition coefficient (Wildman–Crippen LogP) is 4.67. The van der Waals surface area contributed by atoms with Crippen molar-refractivity contribution in [3.8, 4) is 5.75 Å². The number of rotatable bonds is 1. The zero-order valence-electron chi connectivity index (χ0n) is 11.1. The van der Waals surface area contributed by atoms with Gasteiger partial charge in [0.25, 0.3) is 0 Å². The molecule has 0 radical (unpaired) electrons. The lowest BCUT2D eigenvalue weighted by atomic mass is 10.1. The smallest absolute Gasteiger partial charge is 0.123 e. The molecular formula is C16H14ClNO. The van der Waals surface area contributed by atoms with Crippen molar-refractivity contribution >= 4 is 33.4 Å². The van der Waals surface area contributed by atoms with Crippen LogP contribution in [0.3, 0.4) is 0 Å². The molecule has 1 aromatic heterocycles. The van der Waals surface area contributed by atoms with Crippen LogP contribution in [0.1, 0.15) is 11.1 Å². The van der Waals surface area contributed by atoms with Crippen molar-refractivity contribution in [1.82, 2.24) is 4.98 Å². The van der Waals surface area contributed by atoms with Crippen molar-refractivity contribution in [3.05, 3.63) is 46.5 Å². The minimum atomic E-state index is 0.759. The predicted molar refractivity (Wildman–Crippen MR) is 80.3 cm³/mol. The molecule has 3 heteroatoms. The fourth-order valence-electron chi connectivity index (χ4n) is 2.36. The molecule has 0 bridgehead atoms. The highest BCUT2D eigenvalue weighted by atomic mass is 35.5. The average Bonchev–Trinajstić information content (AvgIpc) is 2.40. The number of nitrogens with zero attached hydrogens (tertiary/aromatic N) is 1. The molecule has 0 aliphatic rings. The maximum Gasteiger partial charge on any atom is 0.123 e. The lowest BCUT2D eigenvalue weighted by molar-refractivity contribution is 0.412. The molecule has 0 unspecified atom stereocenters. The van der Waals surface area contributed by atoms with E-state index < -0.39 is 0 Å². The van der Waals surface area contributed by atoms with Gasteiger partial charge in [0.1, 0.15) is 5.75 Å². The van der Waals surface area contributed by atoms with E-state index in [0.29, 0.717) is 0 Å². The third-order valence-electron chi connectivity index (χ3n) is 3.38. The van der Waals surface area contributed by atoms with E-state index in [9.17, 15) is 0 Å². The quantitative estimate of drug-likeness (QED) is 0.600. The number of hydrogen-bond donors (Lipinski definition) is 0. The van der Waals surface area contributed by atoms with E-state index in [4.69, 9.17) is 16.3 Å². The van der Waals surface area contributed by atoms with E-state index >= 15 is 0 Å². The van der Waals surface area contributed by atoms with Crippen LogP contribution in [0.5, 0.6) is 5.75 Å². The summed E-state index contributed by atoms with van der Waals surface area (Å²) in [6, 6.07) is 10.1. The molecule has 2 aromatic carbocycles. The van der Waals surface area contributed by atoms with Gasteiger partial charge in [0.05, 0.1) is 23.2 Å². The maximum atomic E-state index is 6.53. The number of ether oxygens (including phenoxy) is 1. The normalized spacial score (nSPS) is 11.2. The Bertz CT molecular complexity index is 796. The second-order valence-electron chi connectivity index (χ2n) is 4.79. The summed E-state index contributed by atoms with van der Waals surface area (Å²) in [4.78, 5) is 4.66. The Kier molecular flexibility index (Phi) is 2.83. The molecule has 1 heterocycles. The second-order valence-corrected chi connectivity index (χ2v) is 5.16. The van der Waals surface area contributed by atoms with Crippen LogP contribution in [0.15, 0.2) is 30.3 Å². The van der Waals surface area contributed by atoms with Gasteiger partial charge < -0.3 is 4.74 Å². The Morgan fingerprint density at radius 2 is 1.74 bits per heavy atom. The number of methoxy groups -OCH3 is 1. The Morgan fingerprint density at radius 3 is 2.47 bits per heavy atom. The van der Waals surface area contributed by atoms with Gasteiger partial charge in [0, 0.05) is 16.8 Å². The van der Waals surface area contributed by atoms with E-state index in [1.165, 1.54) is 5.56 Å². The van der Waals surface area contributed by atoms with Crippen LogP contribution < -0.4 is 4.74 Å². The Morgan fingerprint density at radius 1 is 1.00 bits per heavy atom. The summed E-state index contributed by atoms with van der Waals surface area (Å²) in [6.45, 7) is 4.06. The molecule has 0 fully saturated rings. The van der Waals surface area contributed by atoms with Gasteiger partial charge in [0.15, 0.2) is 0 Å². The van der Waals surface area contributed by atoms with Gasteiger partial charge in [-0.1, -0.05) is 23.2 Å². The summed E-state index contributed by atoms with van der Waals surface area (Å²) in [7, 11) is 1.67. The molecule has 0 amide bonds. The number of fused-ring (bicyclic) bond motifs is 2. The van der Waals surface area contributed by atoms with E-state index in [2.05, 4.69) is 18.0 Å². The minimum Gasteiger partial charge on any atom is -0.496 e. The SMILES string of the molecule is COc1cc2nc3ccc(C)cc3c(Cl)c2cc1C. The number of halogens is 1. The molecule has 3 rings (SSSR count). The molecule has 2 nitrogen and oxygen atoms in total. The first-order chi connectivity index (χ1) is 9.10. The summed E-state index contributed by atoms with van der Waals surface area (Å²) in [5.41, 5.74) is 4.02. The van der Waals surface area contributed by atoms with E-state index in [1.54, 1.807) is 7.11 Å². The van der Waals surface area contributed by atoms with Crippen molar-refractivity contribution in [2.24, 2.45) is 0 Å². The number of aromatic nitrogens is 1. The Hall–Kier alpha value is -1.80. The number of hydrogen-bond acceptors (Lipinski definition) is 2. The van der Waals surface area contributed by atoms with Crippen molar-refractivity contribution in [3.63, 3.8) is 0 Å². The van der Waals surface area contributed by atoms with Crippen molar-refractivity contribution in [2.45, 2.75) is 13.8 Å². The van der Waals surface area contributed by atoms with Gasteiger partial charge >= 0.3 is 0 Å². The first-order valence-electron chi connectivity index (χ1n) is 6.14. The molecule has 0 saturated carbocycles. The maximum absolute atomic E-state index is 6.53. The fourth-order valence-corrected chi connectivity index (χ4v) is 2.67. The average molecular weight is 272 g/mol. The van der Waals surface area contributed by atoms with Crippen LogP contribution in [-0.4, -0.2) is 12.1 Å². The summed E-state index contributed by atoms with van der Waals surface area (Å²) >= 11 is 6.53. The van der Waals surface area contributed by atoms with Crippen molar-refractivity contribution in [1.29, 1.82) is 0 Å². The van der Waals surface area contributed by atoms with Crippen LogP contribution in [-0.2, 0) is 0 Å². The van der Waals surface area contributed by atoms with Gasteiger partial charge in [0.2, 0.25) is 0 Å². The summed E-state index contributed by atoms with van der Waals surface area (Å²) in [6.07, 6.45) is 0. The standard InChI is InChI=1S/C16H14ClNO/c1-9-4-5-13-11(6-9)16(17)12-7-10(2)15(19-3)8-14(12)18-13/h4-8H,1-3H3. The largest absolute Gasteiger partial charge is 0.496 e. The van der Waals surface area contributed by atoms with E-state index in [-0.39, 0.29) is 0 Å². The monoisotopic (exact) mass is 271 g/mol. The summed E-state index contributed by atoms with van der Waals surface area (Å²) in [5, 5.41) is 2.73.